The second kappa shape index (κ2) is 3.58. The summed E-state index contributed by atoms with van der Waals surface area (Å²) in [4.78, 5) is 15.7. The zero-order chi connectivity index (χ0) is 12.0. The summed E-state index contributed by atoms with van der Waals surface area (Å²) < 4.78 is 2.28. The first-order valence-electron chi connectivity index (χ1n) is 5.97. The van der Waals surface area contributed by atoms with Crippen LogP contribution in [-0.4, -0.2) is 15.5 Å². The fraction of sp³-hybridized carbons (Fsp3) is 0.385. The number of aryl methyl sites for hydroxylation is 1. The molecular formula is C13H15N3O. The van der Waals surface area contributed by atoms with E-state index >= 15 is 0 Å². The van der Waals surface area contributed by atoms with Crippen molar-refractivity contribution in [2.75, 3.05) is 0 Å². The number of imidazole rings is 1. The number of amides is 1. The Morgan fingerprint density at radius 3 is 3.12 bits per heavy atom. The van der Waals surface area contributed by atoms with Crippen molar-refractivity contribution in [1.29, 1.82) is 0 Å². The van der Waals surface area contributed by atoms with Crippen molar-refractivity contribution >= 4 is 16.9 Å². The standard InChI is InChI=1S/C13H15N3O/c1-8-3-2-4-12-15-10-7-9(13(14)17)5-6-11(10)16(8)12/h5-8H,2-4H2,1H3,(H2,14,17)/t8-/m1/s1. The molecule has 1 aromatic carbocycles. The van der Waals surface area contributed by atoms with E-state index in [9.17, 15) is 4.79 Å². The van der Waals surface area contributed by atoms with E-state index in [4.69, 9.17) is 5.73 Å². The lowest BCUT2D eigenvalue weighted by atomic mass is 10.1. The third-order valence-electron chi connectivity index (χ3n) is 3.51. The second-order valence-electron chi connectivity index (χ2n) is 4.71. The van der Waals surface area contributed by atoms with E-state index < -0.39 is 5.91 Å². The average molecular weight is 229 g/mol. The fourth-order valence-corrected chi connectivity index (χ4v) is 2.65. The Morgan fingerprint density at radius 2 is 2.35 bits per heavy atom. The first kappa shape index (κ1) is 10.3. The molecule has 88 valence electrons. The number of hydrogen-bond donors (Lipinski definition) is 1. The van der Waals surface area contributed by atoms with Crippen molar-refractivity contribution in [2.24, 2.45) is 5.73 Å². The fourth-order valence-electron chi connectivity index (χ4n) is 2.65. The minimum atomic E-state index is -0.397. The molecule has 2 N–H and O–H groups in total. The predicted molar refractivity (Wildman–Crippen MR) is 65.9 cm³/mol. The largest absolute Gasteiger partial charge is 0.366 e. The Balaban J connectivity index is 2.24. The van der Waals surface area contributed by atoms with Gasteiger partial charge in [-0.2, -0.15) is 0 Å². The summed E-state index contributed by atoms with van der Waals surface area (Å²) in [5.41, 5.74) is 7.80. The summed E-state index contributed by atoms with van der Waals surface area (Å²) in [6.07, 6.45) is 3.40. The highest BCUT2D eigenvalue weighted by Crippen LogP contribution is 2.29. The van der Waals surface area contributed by atoms with Gasteiger partial charge in [0.1, 0.15) is 5.82 Å². The van der Waals surface area contributed by atoms with Gasteiger partial charge in [0.05, 0.1) is 11.0 Å². The van der Waals surface area contributed by atoms with Crippen LogP contribution in [0.5, 0.6) is 0 Å². The van der Waals surface area contributed by atoms with Crippen LogP contribution < -0.4 is 5.73 Å². The molecule has 0 bridgehead atoms. The molecule has 1 aromatic heterocycles. The molecule has 1 atom stereocenters. The zero-order valence-electron chi connectivity index (χ0n) is 9.81. The number of primary amides is 1. The molecule has 0 saturated heterocycles. The maximum Gasteiger partial charge on any atom is 0.248 e. The van der Waals surface area contributed by atoms with Crippen molar-refractivity contribution in [3.8, 4) is 0 Å². The van der Waals surface area contributed by atoms with Gasteiger partial charge in [-0.25, -0.2) is 4.98 Å². The van der Waals surface area contributed by atoms with Crippen LogP contribution in [-0.2, 0) is 6.42 Å². The number of rotatable bonds is 1. The molecule has 0 radical (unpaired) electrons. The van der Waals surface area contributed by atoms with E-state index in [1.807, 2.05) is 6.07 Å². The maximum atomic E-state index is 11.1. The van der Waals surface area contributed by atoms with Crippen LogP contribution in [0.2, 0.25) is 0 Å². The van der Waals surface area contributed by atoms with Gasteiger partial charge >= 0.3 is 0 Å². The number of hydrogen-bond acceptors (Lipinski definition) is 2. The Kier molecular flexibility index (Phi) is 2.18. The average Bonchev–Trinajstić information content (AvgIpc) is 2.67. The monoisotopic (exact) mass is 229 g/mol. The van der Waals surface area contributed by atoms with Crippen LogP contribution >= 0.6 is 0 Å². The molecule has 0 unspecified atom stereocenters. The molecule has 3 rings (SSSR count). The molecule has 1 aliphatic rings. The predicted octanol–water partition coefficient (Wildman–Crippen LogP) is 2.03. The molecule has 0 spiro atoms. The highest BCUT2D eigenvalue weighted by atomic mass is 16.1. The van der Waals surface area contributed by atoms with E-state index in [0.717, 1.165) is 23.3 Å². The second-order valence-corrected chi connectivity index (χ2v) is 4.71. The molecule has 17 heavy (non-hydrogen) atoms. The highest BCUT2D eigenvalue weighted by Gasteiger charge is 2.20. The Hall–Kier alpha value is -1.84. The smallest absolute Gasteiger partial charge is 0.248 e. The SMILES string of the molecule is C[C@@H]1CCCc2nc3cc(C(N)=O)ccc3n21. The van der Waals surface area contributed by atoms with E-state index in [1.54, 1.807) is 12.1 Å². The number of carbonyl (C=O) groups excluding carboxylic acids is 1. The van der Waals surface area contributed by atoms with Gasteiger partial charge in [0.25, 0.3) is 0 Å². The van der Waals surface area contributed by atoms with Gasteiger partial charge in [0, 0.05) is 18.0 Å². The van der Waals surface area contributed by atoms with E-state index in [0.29, 0.717) is 11.6 Å². The number of benzene rings is 1. The van der Waals surface area contributed by atoms with Crippen molar-refractivity contribution in [1.82, 2.24) is 9.55 Å². The Bertz CT molecular complexity index is 600. The molecule has 0 saturated carbocycles. The summed E-state index contributed by atoms with van der Waals surface area (Å²) in [7, 11) is 0. The lowest BCUT2D eigenvalue weighted by Crippen LogP contribution is -2.15. The van der Waals surface area contributed by atoms with Crippen LogP contribution in [0.25, 0.3) is 11.0 Å². The Morgan fingerprint density at radius 1 is 1.53 bits per heavy atom. The number of fused-ring (bicyclic) bond motifs is 3. The van der Waals surface area contributed by atoms with Crippen LogP contribution in [0.3, 0.4) is 0 Å². The third kappa shape index (κ3) is 1.52. The summed E-state index contributed by atoms with van der Waals surface area (Å²) in [6.45, 7) is 2.21. The molecule has 0 aliphatic carbocycles. The normalized spacial score (nSPS) is 19.2. The third-order valence-corrected chi connectivity index (χ3v) is 3.51. The lowest BCUT2D eigenvalue weighted by Gasteiger charge is -2.22. The van der Waals surface area contributed by atoms with Gasteiger partial charge in [-0.05, 0) is 38.0 Å². The summed E-state index contributed by atoms with van der Waals surface area (Å²) in [5, 5.41) is 0. The molecule has 1 amide bonds. The highest BCUT2D eigenvalue weighted by molar-refractivity contribution is 5.96. The van der Waals surface area contributed by atoms with Gasteiger partial charge in [-0.3, -0.25) is 4.79 Å². The first-order chi connectivity index (χ1) is 8.16. The molecule has 4 heteroatoms. The number of carbonyl (C=O) groups is 1. The molecule has 2 heterocycles. The number of nitrogens with zero attached hydrogens (tertiary/aromatic N) is 2. The molecule has 1 aliphatic heterocycles. The molecule has 0 fully saturated rings. The van der Waals surface area contributed by atoms with Gasteiger partial charge in [0.2, 0.25) is 5.91 Å². The number of aromatic nitrogens is 2. The van der Waals surface area contributed by atoms with Crippen LogP contribution in [0.1, 0.15) is 42.0 Å². The van der Waals surface area contributed by atoms with Gasteiger partial charge < -0.3 is 10.3 Å². The quantitative estimate of drug-likeness (QED) is 0.813. The Labute approximate surface area is 99.4 Å². The van der Waals surface area contributed by atoms with Gasteiger partial charge in [-0.15, -0.1) is 0 Å². The number of nitrogens with two attached hydrogens (primary N) is 1. The maximum absolute atomic E-state index is 11.1. The van der Waals surface area contributed by atoms with E-state index in [1.165, 1.54) is 12.8 Å². The van der Waals surface area contributed by atoms with E-state index in [-0.39, 0.29) is 0 Å². The summed E-state index contributed by atoms with van der Waals surface area (Å²) >= 11 is 0. The minimum Gasteiger partial charge on any atom is -0.366 e. The molecule has 4 nitrogen and oxygen atoms in total. The summed E-state index contributed by atoms with van der Waals surface area (Å²) in [5.74, 6) is 0.728. The van der Waals surface area contributed by atoms with Crippen molar-refractivity contribution in [3.05, 3.63) is 29.6 Å². The van der Waals surface area contributed by atoms with Crippen LogP contribution in [0, 0.1) is 0 Å². The van der Waals surface area contributed by atoms with Gasteiger partial charge in [0.15, 0.2) is 0 Å². The zero-order valence-corrected chi connectivity index (χ0v) is 9.81. The lowest BCUT2D eigenvalue weighted by molar-refractivity contribution is 0.100. The van der Waals surface area contributed by atoms with Crippen molar-refractivity contribution in [3.63, 3.8) is 0 Å². The topological polar surface area (TPSA) is 60.9 Å². The molecular weight excluding hydrogens is 214 g/mol. The minimum absolute atomic E-state index is 0.397. The van der Waals surface area contributed by atoms with Crippen LogP contribution in [0.15, 0.2) is 18.2 Å². The van der Waals surface area contributed by atoms with Crippen molar-refractivity contribution in [2.45, 2.75) is 32.2 Å². The van der Waals surface area contributed by atoms with Gasteiger partial charge in [-0.1, -0.05) is 0 Å². The first-order valence-corrected chi connectivity index (χ1v) is 5.97. The van der Waals surface area contributed by atoms with Crippen molar-refractivity contribution < 1.29 is 4.79 Å². The van der Waals surface area contributed by atoms with Crippen LogP contribution in [0.4, 0.5) is 0 Å². The summed E-state index contributed by atoms with van der Waals surface area (Å²) in [6, 6.07) is 6.01. The molecule has 2 aromatic rings. The van der Waals surface area contributed by atoms with E-state index in [2.05, 4.69) is 16.5 Å².